The smallest absolute Gasteiger partial charge is 0.137 e. The van der Waals surface area contributed by atoms with Gasteiger partial charge in [0, 0.05) is 45.1 Å². The first-order valence-electron chi connectivity index (χ1n) is 6.15. The molecular weight excluding hydrogens is 212 g/mol. The Morgan fingerprint density at radius 3 is 2.76 bits per heavy atom. The minimum absolute atomic E-state index is 0.968. The van der Waals surface area contributed by atoms with Crippen molar-refractivity contribution >= 4 is 5.65 Å². The Kier molecular flexibility index (Phi) is 2.82. The van der Waals surface area contributed by atoms with E-state index in [4.69, 9.17) is 0 Å². The quantitative estimate of drug-likeness (QED) is 0.771. The molecule has 0 amide bonds. The van der Waals surface area contributed by atoms with Gasteiger partial charge in [0.25, 0.3) is 0 Å². The lowest BCUT2D eigenvalue weighted by Crippen LogP contribution is -2.43. The fourth-order valence-electron chi connectivity index (χ4n) is 2.30. The van der Waals surface area contributed by atoms with Crippen molar-refractivity contribution in [2.45, 2.75) is 6.54 Å². The Morgan fingerprint density at radius 2 is 2.00 bits per heavy atom. The van der Waals surface area contributed by atoms with E-state index in [2.05, 4.69) is 38.6 Å². The summed E-state index contributed by atoms with van der Waals surface area (Å²) in [5, 5.41) is 0. The molecule has 2 aromatic heterocycles. The summed E-state index contributed by atoms with van der Waals surface area (Å²) >= 11 is 0. The predicted molar refractivity (Wildman–Crippen MR) is 68.0 cm³/mol. The normalized spacial score (nSPS) is 18.9. The fraction of sp³-hybridized carbons (Fsp3) is 0.462. The Hall–Kier alpha value is -1.39. The summed E-state index contributed by atoms with van der Waals surface area (Å²) < 4.78 is 2.09. The lowest BCUT2D eigenvalue weighted by molar-refractivity contribution is 0.147. The molecule has 1 aliphatic heterocycles. The van der Waals surface area contributed by atoms with Gasteiger partial charge < -0.3 is 9.30 Å². The number of pyridine rings is 1. The van der Waals surface area contributed by atoms with Gasteiger partial charge in [0.15, 0.2) is 0 Å². The van der Waals surface area contributed by atoms with Crippen LogP contribution in [0.25, 0.3) is 5.65 Å². The van der Waals surface area contributed by atoms with Gasteiger partial charge in [-0.15, -0.1) is 0 Å². The van der Waals surface area contributed by atoms with E-state index in [0.717, 1.165) is 38.4 Å². The largest absolute Gasteiger partial charge is 0.307 e. The number of piperazine rings is 1. The van der Waals surface area contributed by atoms with Gasteiger partial charge in [0.1, 0.15) is 5.65 Å². The average Bonchev–Trinajstić information content (AvgIpc) is 2.74. The van der Waals surface area contributed by atoms with Crippen molar-refractivity contribution in [1.82, 2.24) is 19.2 Å². The topological polar surface area (TPSA) is 23.8 Å². The first kappa shape index (κ1) is 10.7. The monoisotopic (exact) mass is 230 g/mol. The van der Waals surface area contributed by atoms with E-state index < -0.39 is 0 Å². The van der Waals surface area contributed by atoms with Crippen LogP contribution in [0, 0.1) is 0 Å². The molecule has 1 saturated heterocycles. The van der Waals surface area contributed by atoms with Crippen LogP contribution in [0.5, 0.6) is 0 Å². The Morgan fingerprint density at radius 1 is 1.18 bits per heavy atom. The summed E-state index contributed by atoms with van der Waals surface area (Å²) in [6.07, 6.45) is 4.18. The van der Waals surface area contributed by atoms with E-state index in [0.29, 0.717) is 0 Å². The molecule has 0 unspecified atom stereocenters. The summed E-state index contributed by atoms with van der Waals surface area (Å²) in [5.41, 5.74) is 2.21. The Labute approximate surface area is 101 Å². The van der Waals surface area contributed by atoms with Crippen LogP contribution in [0.1, 0.15) is 5.69 Å². The molecular formula is C13H18N4. The maximum absolute atomic E-state index is 4.63. The summed E-state index contributed by atoms with van der Waals surface area (Å²) in [6.45, 7) is 5.57. The van der Waals surface area contributed by atoms with Crippen LogP contribution in [0.4, 0.5) is 0 Å². The number of nitrogens with zero attached hydrogens (tertiary/aromatic N) is 4. The third-order valence-electron chi connectivity index (χ3n) is 3.40. The second-order valence-corrected chi connectivity index (χ2v) is 4.78. The molecule has 1 fully saturated rings. The van der Waals surface area contributed by atoms with Crippen LogP contribution in [-0.4, -0.2) is 52.4 Å². The molecule has 0 radical (unpaired) electrons. The van der Waals surface area contributed by atoms with Crippen molar-refractivity contribution in [2.24, 2.45) is 0 Å². The molecule has 1 aliphatic rings. The molecule has 3 rings (SSSR count). The summed E-state index contributed by atoms with van der Waals surface area (Å²) in [4.78, 5) is 9.48. The minimum Gasteiger partial charge on any atom is -0.307 e. The summed E-state index contributed by atoms with van der Waals surface area (Å²) in [5.74, 6) is 0. The zero-order chi connectivity index (χ0) is 11.7. The number of rotatable bonds is 2. The Bertz CT molecular complexity index is 464. The third-order valence-corrected chi connectivity index (χ3v) is 3.40. The van der Waals surface area contributed by atoms with Crippen molar-refractivity contribution in [2.75, 3.05) is 33.2 Å². The predicted octanol–water partition coefficient (Wildman–Crippen LogP) is 1.08. The number of imidazole rings is 1. The molecule has 0 bridgehead atoms. The first-order valence-corrected chi connectivity index (χ1v) is 6.15. The fourth-order valence-corrected chi connectivity index (χ4v) is 2.30. The van der Waals surface area contributed by atoms with Crippen molar-refractivity contribution in [3.63, 3.8) is 0 Å². The van der Waals surface area contributed by atoms with E-state index in [-0.39, 0.29) is 0 Å². The van der Waals surface area contributed by atoms with Crippen LogP contribution in [0.3, 0.4) is 0 Å². The second kappa shape index (κ2) is 4.47. The van der Waals surface area contributed by atoms with Crippen molar-refractivity contribution in [3.05, 3.63) is 36.3 Å². The van der Waals surface area contributed by atoms with E-state index in [9.17, 15) is 0 Å². The van der Waals surface area contributed by atoms with Gasteiger partial charge in [-0.05, 0) is 19.2 Å². The highest BCUT2D eigenvalue weighted by atomic mass is 15.2. The van der Waals surface area contributed by atoms with E-state index in [1.54, 1.807) is 0 Å². The molecule has 0 aliphatic carbocycles. The van der Waals surface area contributed by atoms with Gasteiger partial charge in [-0.1, -0.05) is 6.07 Å². The number of hydrogen-bond donors (Lipinski definition) is 0. The zero-order valence-electron chi connectivity index (χ0n) is 10.2. The van der Waals surface area contributed by atoms with Gasteiger partial charge in [0.2, 0.25) is 0 Å². The SMILES string of the molecule is CN1CCN(Cc2cn3ccccc3n2)CC1. The van der Waals surface area contributed by atoms with Crippen LogP contribution < -0.4 is 0 Å². The minimum atomic E-state index is 0.968. The maximum atomic E-state index is 4.63. The van der Waals surface area contributed by atoms with Crippen molar-refractivity contribution in [1.29, 1.82) is 0 Å². The lowest BCUT2D eigenvalue weighted by atomic mass is 10.3. The molecule has 0 N–H and O–H groups in total. The van der Waals surface area contributed by atoms with Crippen LogP contribution in [-0.2, 0) is 6.54 Å². The maximum Gasteiger partial charge on any atom is 0.137 e. The Balaban J connectivity index is 1.72. The third kappa shape index (κ3) is 2.33. The molecule has 0 aromatic carbocycles. The molecule has 0 spiro atoms. The molecule has 17 heavy (non-hydrogen) atoms. The highest BCUT2D eigenvalue weighted by molar-refractivity contribution is 5.39. The van der Waals surface area contributed by atoms with Gasteiger partial charge in [-0.3, -0.25) is 4.90 Å². The molecule has 3 heterocycles. The van der Waals surface area contributed by atoms with E-state index in [1.807, 2.05) is 18.2 Å². The highest BCUT2D eigenvalue weighted by Gasteiger charge is 2.14. The number of aromatic nitrogens is 2. The van der Waals surface area contributed by atoms with Gasteiger partial charge in [-0.25, -0.2) is 4.98 Å². The first-order chi connectivity index (χ1) is 8.31. The zero-order valence-corrected chi connectivity index (χ0v) is 10.2. The van der Waals surface area contributed by atoms with Crippen LogP contribution >= 0.6 is 0 Å². The number of fused-ring (bicyclic) bond motifs is 1. The number of likely N-dealkylation sites (N-methyl/N-ethyl adjacent to an activating group) is 1. The molecule has 4 heteroatoms. The molecule has 0 atom stereocenters. The van der Waals surface area contributed by atoms with Gasteiger partial charge in [-0.2, -0.15) is 0 Å². The standard InChI is InChI=1S/C13H18N4/c1-15-6-8-16(9-7-15)10-12-11-17-5-3-2-4-13(17)14-12/h2-5,11H,6-10H2,1H3. The molecule has 2 aromatic rings. The van der Waals surface area contributed by atoms with Crippen LogP contribution in [0.2, 0.25) is 0 Å². The van der Waals surface area contributed by atoms with Crippen LogP contribution in [0.15, 0.2) is 30.6 Å². The summed E-state index contributed by atoms with van der Waals surface area (Å²) in [7, 11) is 2.18. The highest BCUT2D eigenvalue weighted by Crippen LogP contribution is 2.09. The lowest BCUT2D eigenvalue weighted by Gasteiger charge is -2.31. The van der Waals surface area contributed by atoms with Crippen molar-refractivity contribution < 1.29 is 0 Å². The van der Waals surface area contributed by atoms with Gasteiger partial charge >= 0.3 is 0 Å². The second-order valence-electron chi connectivity index (χ2n) is 4.78. The van der Waals surface area contributed by atoms with E-state index in [1.165, 1.54) is 5.69 Å². The molecule has 4 nitrogen and oxygen atoms in total. The average molecular weight is 230 g/mol. The van der Waals surface area contributed by atoms with E-state index >= 15 is 0 Å². The van der Waals surface area contributed by atoms with Crippen molar-refractivity contribution in [3.8, 4) is 0 Å². The number of hydrogen-bond acceptors (Lipinski definition) is 3. The molecule has 0 saturated carbocycles. The van der Waals surface area contributed by atoms with Gasteiger partial charge in [0.05, 0.1) is 5.69 Å². The summed E-state index contributed by atoms with van der Waals surface area (Å²) in [6, 6.07) is 6.11. The molecule has 90 valence electrons.